The number of halogens is 1. The van der Waals surface area contributed by atoms with Crippen LogP contribution in [0.5, 0.6) is 0 Å². The standard InChI is InChI=1S/C12H17ClN2O/c13-11-3-1-10(2-4-11)7-15(6-5-14)12-8-16-9-12/h1-4,12H,5-9,14H2. The fraction of sp³-hybridized carbons (Fsp3) is 0.500. The molecular formula is C12H17ClN2O. The van der Waals surface area contributed by atoms with E-state index in [0.29, 0.717) is 12.6 Å². The average Bonchev–Trinajstić information content (AvgIpc) is 2.19. The van der Waals surface area contributed by atoms with E-state index in [4.69, 9.17) is 22.1 Å². The zero-order chi connectivity index (χ0) is 11.4. The summed E-state index contributed by atoms with van der Waals surface area (Å²) in [6.07, 6.45) is 0. The van der Waals surface area contributed by atoms with Gasteiger partial charge in [0, 0.05) is 24.7 Å². The molecule has 88 valence electrons. The predicted molar refractivity (Wildman–Crippen MR) is 65.5 cm³/mol. The third-order valence-electron chi connectivity index (χ3n) is 2.85. The molecule has 0 saturated carbocycles. The van der Waals surface area contributed by atoms with Gasteiger partial charge in [-0.1, -0.05) is 23.7 Å². The van der Waals surface area contributed by atoms with Gasteiger partial charge in [-0.2, -0.15) is 0 Å². The van der Waals surface area contributed by atoms with Gasteiger partial charge in [0.2, 0.25) is 0 Å². The van der Waals surface area contributed by atoms with Crippen molar-refractivity contribution >= 4 is 11.6 Å². The smallest absolute Gasteiger partial charge is 0.0645 e. The zero-order valence-electron chi connectivity index (χ0n) is 9.23. The van der Waals surface area contributed by atoms with Crippen molar-refractivity contribution in [1.29, 1.82) is 0 Å². The molecule has 1 aliphatic heterocycles. The van der Waals surface area contributed by atoms with E-state index in [-0.39, 0.29) is 0 Å². The Morgan fingerprint density at radius 3 is 2.50 bits per heavy atom. The predicted octanol–water partition coefficient (Wildman–Crippen LogP) is 1.50. The van der Waals surface area contributed by atoms with Gasteiger partial charge in [-0.25, -0.2) is 0 Å². The lowest BCUT2D eigenvalue weighted by atomic mass is 10.1. The fourth-order valence-corrected chi connectivity index (χ4v) is 1.94. The topological polar surface area (TPSA) is 38.5 Å². The maximum atomic E-state index is 5.86. The minimum absolute atomic E-state index is 0.527. The Labute approximate surface area is 101 Å². The van der Waals surface area contributed by atoms with Gasteiger partial charge in [0.15, 0.2) is 0 Å². The molecule has 3 nitrogen and oxygen atoms in total. The summed E-state index contributed by atoms with van der Waals surface area (Å²) in [5.74, 6) is 0. The first kappa shape index (κ1) is 11.9. The molecule has 2 rings (SSSR count). The number of hydrogen-bond acceptors (Lipinski definition) is 3. The summed E-state index contributed by atoms with van der Waals surface area (Å²) in [6.45, 7) is 4.17. The van der Waals surface area contributed by atoms with Crippen LogP contribution in [0.25, 0.3) is 0 Å². The first-order chi connectivity index (χ1) is 7.79. The van der Waals surface area contributed by atoms with Gasteiger partial charge < -0.3 is 10.5 Å². The molecule has 0 aromatic heterocycles. The van der Waals surface area contributed by atoms with E-state index in [1.165, 1.54) is 5.56 Å². The second-order valence-electron chi connectivity index (χ2n) is 4.08. The Morgan fingerprint density at radius 1 is 1.31 bits per heavy atom. The Kier molecular flexibility index (Phi) is 4.18. The number of ether oxygens (including phenoxy) is 1. The van der Waals surface area contributed by atoms with Crippen molar-refractivity contribution in [3.05, 3.63) is 34.9 Å². The highest BCUT2D eigenvalue weighted by atomic mass is 35.5. The highest BCUT2D eigenvalue weighted by Crippen LogP contribution is 2.16. The minimum atomic E-state index is 0.527. The van der Waals surface area contributed by atoms with Gasteiger partial charge in [0.25, 0.3) is 0 Å². The van der Waals surface area contributed by atoms with Crippen molar-refractivity contribution in [2.45, 2.75) is 12.6 Å². The van der Waals surface area contributed by atoms with E-state index in [9.17, 15) is 0 Å². The molecule has 1 fully saturated rings. The number of hydrogen-bond donors (Lipinski definition) is 1. The molecule has 1 aliphatic rings. The second kappa shape index (κ2) is 5.64. The summed E-state index contributed by atoms with van der Waals surface area (Å²) in [4.78, 5) is 2.37. The Hall–Kier alpha value is -0.610. The molecule has 1 heterocycles. The summed E-state index contributed by atoms with van der Waals surface area (Å²) in [5, 5.41) is 0.779. The van der Waals surface area contributed by atoms with Crippen LogP contribution in [0.3, 0.4) is 0 Å². The maximum Gasteiger partial charge on any atom is 0.0645 e. The van der Waals surface area contributed by atoms with Crippen LogP contribution >= 0.6 is 11.6 Å². The number of nitrogens with two attached hydrogens (primary N) is 1. The van der Waals surface area contributed by atoms with Crippen LogP contribution in [0.2, 0.25) is 5.02 Å². The summed E-state index contributed by atoms with van der Waals surface area (Å²) in [7, 11) is 0. The molecule has 0 spiro atoms. The molecular weight excluding hydrogens is 224 g/mol. The third-order valence-corrected chi connectivity index (χ3v) is 3.10. The van der Waals surface area contributed by atoms with E-state index in [1.807, 2.05) is 12.1 Å². The molecule has 0 amide bonds. The van der Waals surface area contributed by atoms with Gasteiger partial charge in [-0.3, -0.25) is 4.90 Å². The first-order valence-corrected chi connectivity index (χ1v) is 5.93. The van der Waals surface area contributed by atoms with Crippen molar-refractivity contribution in [2.75, 3.05) is 26.3 Å². The molecule has 0 unspecified atom stereocenters. The van der Waals surface area contributed by atoms with Crippen LogP contribution in [0.4, 0.5) is 0 Å². The number of benzene rings is 1. The Morgan fingerprint density at radius 2 is 2.00 bits per heavy atom. The van der Waals surface area contributed by atoms with Crippen LogP contribution < -0.4 is 5.73 Å². The van der Waals surface area contributed by atoms with Crippen LogP contribution in [0.1, 0.15) is 5.56 Å². The molecule has 4 heteroatoms. The molecule has 1 aromatic rings. The van der Waals surface area contributed by atoms with Gasteiger partial charge >= 0.3 is 0 Å². The average molecular weight is 241 g/mol. The van der Waals surface area contributed by atoms with Gasteiger partial charge in [0.1, 0.15) is 0 Å². The lowest BCUT2D eigenvalue weighted by Gasteiger charge is -2.37. The third kappa shape index (κ3) is 2.95. The first-order valence-electron chi connectivity index (χ1n) is 5.56. The summed E-state index contributed by atoms with van der Waals surface area (Å²) >= 11 is 5.86. The summed E-state index contributed by atoms with van der Waals surface area (Å²) in [5.41, 5.74) is 6.89. The van der Waals surface area contributed by atoms with Crippen LogP contribution in [0.15, 0.2) is 24.3 Å². The minimum Gasteiger partial charge on any atom is -0.378 e. The SMILES string of the molecule is NCCN(Cc1ccc(Cl)cc1)C1COC1. The normalized spacial score (nSPS) is 16.4. The van der Waals surface area contributed by atoms with Crippen molar-refractivity contribution < 1.29 is 4.74 Å². The number of rotatable bonds is 5. The Balaban J connectivity index is 1.96. The zero-order valence-corrected chi connectivity index (χ0v) is 9.99. The second-order valence-corrected chi connectivity index (χ2v) is 4.51. The van der Waals surface area contributed by atoms with E-state index < -0.39 is 0 Å². The van der Waals surface area contributed by atoms with Crippen molar-refractivity contribution in [2.24, 2.45) is 5.73 Å². The lowest BCUT2D eigenvalue weighted by molar-refractivity contribution is -0.0669. The molecule has 2 N–H and O–H groups in total. The van der Waals surface area contributed by atoms with Gasteiger partial charge in [-0.05, 0) is 17.7 Å². The monoisotopic (exact) mass is 240 g/mol. The van der Waals surface area contributed by atoms with Crippen molar-refractivity contribution in [3.63, 3.8) is 0 Å². The largest absolute Gasteiger partial charge is 0.378 e. The van der Waals surface area contributed by atoms with E-state index >= 15 is 0 Å². The Bertz CT molecular complexity index is 324. The molecule has 1 aromatic carbocycles. The molecule has 0 radical (unpaired) electrons. The van der Waals surface area contributed by atoms with E-state index in [0.717, 1.165) is 31.3 Å². The highest BCUT2D eigenvalue weighted by Gasteiger charge is 2.25. The maximum absolute atomic E-state index is 5.86. The van der Waals surface area contributed by atoms with Crippen LogP contribution in [-0.4, -0.2) is 37.2 Å². The number of nitrogens with zero attached hydrogens (tertiary/aromatic N) is 1. The molecule has 1 saturated heterocycles. The van der Waals surface area contributed by atoms with Gasteiger partial charge in [0.05, 0.1) is 19.3 Å². The van der Waals surface area contributed by atoms with Crippen LogP contribution in [-0.2, 0) is 11.3 Å². The quantitative estimate of drug-likeness (QED) is 0.848. The summed E-state index contributed by atoms with van der Waals surface area (Å²) < 4.78 is 5.22. The van der Waals surface area contributed by atoms with Crippen molar-refractivity contribution in [3.8, 4) is 0 Å². The molecule has 0 atom stereocenters. The molecule has 16 heavy (non-hydrogen) atoms. The van der Waals surface area contributed by atoms with E-state index in [1.54, 1.807) is 0 Å². The van der Waals surface area contributed by atoms with E-state index in [2.05, 4.69) is 17.0 Å². The molecule has 0 bridgehead atoms. The van der Waals surface area contributed by atoms with Crippen molar-refractivity contribution in [1.82, 2.24) is 4.90 Å². The lowest BCUT2D eigenvalue weighted by Crippen LogP contribution is -2.50. The van der Waals surface area contributed by atoms with Crippen LogP contribution in [0, 0.1) is 0 Å². The highest BCUT2D eigenvalue weighted by molar-refractivity contribution is 6.30. The molecule has 0 aliphatic carbocycles. The summed E-state index contributed by atoms with van der Waals surface area (Å²) in [6, 6.07) is 8.50. The van der Waals surface area contributed by atoms with Gasteiger partial charge in [-0.15, -0.1) is 0 Å². The fourth-order valence-electron chi connectivity index (χ4n) is 1.81.